The van der Waals surface area contributed by atoms with Gasteiger partial charge in [0, 0.05) is 23.6 Å². The summed E-state index contributed by atoms with van der Waals surface area (Å²) in [6.07, 6.45) is 1.36. The van der Waals surface area contributed by atoms with Crippen molar-refractivity contribution in [1.82, 2.24) is 4.57 Å². The number of benzene rings is 3. The predicted molar refractivity (Wildman–Crippen MR) is 120 cm³/mol. The quantitative estimate of drug-likeness (QED) is 0.182. The Kier molecular flexibility index (Phi) is 6.27. The number of para-hydroxylation sites is 1. The number of nitrogens with two attached hydrogens (primary N) is 1. The molecule has 0 aliphatic carbocycles. The number of ketones is 1. The molecule has 3 N–H and O–H groups in total. The van der Waals surface area contributed by atoms with Crippen molar-refractivity contribution in [2.24, 2.45) is 5.73 Å². The number of Topliss-reactive ketones (excluding diaryl/α,β-unsaturated/α-hetero) is 1. The summed E-state index contributed by atoms with van der Waals surface area (Å²) in [6.45, 7) is 0.259. The lowest BCUT2D eigenvalue weighted by Crippen LogP contribution is -2.26. The molecule has 0 atom stereocenters. The molecule has 0 saturated carbocycles. The maximum Gasteiger partial charge on any atom is 0.297 e. The third-order valence-corrected chi connectivity index (χ3v) is 5.42. The van der Waals surface area contributed by atoms with Crippen LogP contribution in [-0.4, -0.2) is 22.2 Å². The topological polar surface area (TPSA) is 118 Å². The number of anilines is 1. The lowest BCUT2D eigenvalue weighted by Gasteiger charge is -2.11. The fraction of sp³-hybridized carbons (Fsp3) is 0.0400. The van der Waals surface area contributed by atoms with E-state index in [1.54, 1.807) is 58.4 Å². The van der Waals surface area contributed by atoms with E-state index in [0.29, 0.717) is 16.5 Å². The molecule has 0 unspecified atom stereocenters. The van der Waals surface area contributed by atoms with Crippen molar-refractivity contribution in [3.8, 4) is 6.07 Å². The van der Waals surface area contributed by atoms with Crippen molar-refractivity contribution < 1.29 is 31.9 Å². The van der Waals surface area contributed by atoms with Gasteiger partial charge < -0.3 is 15.6 Å². The zero-order valence-electron chi connectivity index (χ0n) is 18.1. The van der Waals surface area contributed by atoms with E-state index in [1.807, 2.05) is 6.07 Å². The lowest BCUT2D eigenvalue weighted by molar-refractivity contribution is -0.112. The van der Waals surface area contributed by atoms with Gasteiger partial charge in [0.15, 0.2) is 23.3 Å². The van der Waals surface area contributed by atoms with Gasteiger partial charge in [0.2, 0.25) is 0 Å². The molecule has 1 aromatic heterocycles. The van der Waals surface area contributed by atoms with Crippen LogP contribution in [0.15, 0.2) is 54.7 Å². The van der Waals surface area contributed by atoms with Gasteiger partial charge in [-0.05, 0) is 23.8 Å². The number of carbonyl (C=O) groups excluding carboxylic acids is 3. The molecule has 0 spiro atoms. The van der Waals surface area contributed by atoms with Gasteiger partial charge >= 0.3 is 0 Å². The van der Waals surface area contributed by atoms with Crippen molar-refractivity contribution in [3.63, 3.8) is 0 Å². The summed E-state index contributed by atoms with van der Waals surface area (Å²) in [5.74, 6) is -13.0. The predicted octanol–water partition coefficient (Wildman–Crippen LogP) is 4.04. The van der Waals surface area contributed by atoms with Gasteiger partial charge in [-0.3, -0.25) is 14.4 Å². The van der Waals surface area contributed by atoms with Gasteiger partial charge in [0.25, 0.3) is 17.6 Å². The summed E-state index contributed by atoms with van der Waals surface area (Å²) in [5.41, 5.74) is 3.18. The van der Waals surface area contributed by atoms with E-state index in [4.69, 9.17) is 11.0 Å². The standard InChI is InChI=1S/C25H14F4N4O3/c26-18-17(24(31)35)19(27)21(29)22(20(18)28)32-25(36)23(34)15-11-33(16-4-2-1-3-14(15)16)10-13-7-5-12(9-30)6-8-13/h1-8,11H,10H2,(H2,31,35)(H,32,36). The summed E-state index contributed by atoms with van der Waals surface area (Å²) in [7, 11) is 0. The van der Waals surface area contributed by atoms with Gasteiger partial charge in [-0.25, -0.2) is 17.6 Å². The number of aromatic nitrogens is 1. The Bertz CT molecular complexity index is 1580. The number of fused-ring (bicyclic) bond motifs is 1. The molecule has 4 rings (SSSR count). The molecular formula is C25H14F4N4O3. The molecule has 4 aromatic rings. The largest absolute Gasteiger partial charge is 0.365 e. The molecular weight excluding hydrogens is 480 g/mol. The first-order valence-electron chi connectivity index (χ1n) is 10.2. The number of primary amides is 1. The minimum atomic E-state index is -2.11. The van der Waals surface area contributed by atoms with Crippen molar-refractivity contribution in [1.29, 1.82) is 5.26 Å². The van der Waals surface area contributed by atoms with Gasteiger partial charge in [0.05, 0.1) is 17.2 Å². The molecule has 36 heavy (non-hydrogen) atoms. The number of hydrogen-bond donors (Lipinski definition) is 2. The minimum absolute atomic E-state index is 0.132. The lowest BCUT2D eigenvalue weighted by atomic mass is 10.1. The first-order valence-corrected chi connectivity index (χ1v) is 10.2. The Hall–Kier alpha value is -4.98. The van der Waals surface area contributed by atoms with E-state index in [9.17, 15) is 31.9 Å². The first kappa shape index (κ1) is 24.2. The number of amides is 2. The third-order valence-electron chi connectivity index (χ3n) is 5.42. The van der Waals surface area contributed by atoms with Crippen LogP contribution < -0.4 is 11.1 Å². The fourth-order valence-corrected chi connectivity index (χ4v) is 3.69. The second kappa shape index (κ2) is 9.34. The number of halogens is 4. The van der Waals surface area contributed by atoms with E-state index < -0.39 is 52.1 Å². The van der Waals surface area contributed by atoms with E-state index in [1.165, 1.54) is 6.20 Å². The SMILES string of the molecule is N#Cc1ccc(Cn2cc(C(=O)C(=O)Nc3c(F)c(F)c(C(N)=O)c(F)c3F)c3ccccc32)cc1. The number of nitrogens with zero attached hydrogens (tertiary/aromatic N) is 2. The number of rotatable bonds is 6. The number of nitriles is 1. The highest BCUT2D eigenvalue weighted by atomic mass is 19.2. The zero-order chi connectivity index (χ0) is 26.1. The smallest absolute Gasteiger partial charge is 0.297 e. The maximum absolute atomic E-state index is 14.3. The van der Waals surface area contributed by atoms with Crippen molar-refractivity contribution >= 4 is 34.2 Å². The molecule has 0 bridgehead atoms. The summed E-state index contributed by atoms with van der Waals surface area (Å²) < 4.78 is 58.4. The molecule has 1 heterocycles. The van der Waals surface area contributed by atoms with Crippen LogP contribution >= 0.6 is 0 Å². The average Bonchev–Trinajstić information content (AvgIpc) is 3.23. The Balaban J connectivity index is 1.69. The summed E-state index contributed by atoms with van der Waals surface area (Å²) in [5, 5.41) is 10.8. The van der Waals surface area contributed by atoms with E-state index >= 15 is 0 Å². The van der Waals surface area contributed by atoms with E-state index in [0.717, 1.165) is 5.56 Å². The highest BCUT2D eigenvalue weighted by Crippen LogP contribution is 2.29. The molecule has 180 valence electrons. The van der Waals surface area contributed by atoms with Gasteiger partial charge in [-0.15, -0.1) is 0 Å². The Morgan fingerprint density at radius 1 is 0.917 bits per heavy atom. The second-order valence-corrected chi connectivity index (χ2v) is 7.65. The summed E-state index contributed by atoms with van der Waals surface area (Å²) in [4.78, 5) is 36.6. The second-order valence-electron chi connectivity index (χ2n) is 7.65. The molecule has 0 aliphatic rings. The van der Waals surface area contributed by atoms with Crippen LogP contribution in [-0.2, 0) is 11.3 Å². The normalized spacial score (nSPS) is 10.8. The molecule has 7 nitrogen and oxygen atoms in total. The van der Waals surface area contributed by atoms with Crippen LogP contribution in [0.2, 0.25) is 0 Å². The van der Waals surface area contributed by atoms with Gasteiger partial charge in [0.1, 0.15) is 11.3 Å². The monoisotopic (exact) mass is 494 g/mol. The van der Waals surface area contributed by atoms with Crippen molar-refractivity contribution in [2.75, 3.05) is 5.32 Å². The third kappa shape index (κ3) is 4.16. The van der Waals surface area contributed by atoms with Gasteiger partial charge in [-0.1, -0.05) is 30.3 Å². The summed E-state index contributed by atoms with van der Waals surface area (Å²) in [6, 6.07) is 15.2. The van der Waals surface area contributed by atoms with E-state index in [2.05, 4.69) is 0 Å². The average molecular weight is 494 g/mol. The molecule has 0 fully saturated rings. The molecule has 0 aliphatic heterocycles. The molecule has 0 radical (unpaired) electrons. The van der Waals surface area contributed by atoms with E-state index in [-0.39, 0.29) is 12.1 Å². The zero-order valence-corrected chi connectivity index (χ0v) is 18.1. The first-order chi connectivity index (χ1) is 17.1. The Morgan fingerprint density at radius 3 is 2.11 bits per heavy atom. The van der Waals surface area contributed by atoms with Crippen LogP contribution in [0.25, 0.3) is 10.9 Å². The van der Waals surface area contributed by atoms with Crippen LogP contribution in [0, 0.1) is 34.6 Å². The van der Waals surface area contributed by atoms with Crippen molar-refractivity contribution in [2.45, 2.75) is 6.54 Å². The van der Waals surface area contributed by atoms with Gasteiger partial charge in [-0.2, -0.15) is 5.26 Å². The van der Waals surface area contributed by atoms with Crippen molar-refractivity contribution in [3.05, 3.63) is 100 Å². The Labute approximate surface area is 200 Å². The number of nitrogens with one attached hydrogen (secondary N) is 1. The molecule has 3 aromatic carbocycles. The molecule has 2 amide bonds. The van der Waals surface area contributed by atoms with Crippen LogP contribution in [0.5, 0.6) is 0 Å². The van der Waals surface area contributed by atoms with Crippen LogP contribution in [0.1, 0.15) is 31.8 Å². The highest BCUT2D eigenvalue weighted by Gasteiger charge is 2.31. The van der Waals surface area contributed by atoms with Crippen LogP contribution in [0.4, 0.5) is 23.2 Å². The number of carbonyl (C=O) groups is 3. The molecule has 0 saturated heterocycles. The molecule has 11 heteroatoms. The highest BCUT2D eigenvalue weighted by molar-refractivity contribution is 6.48. The summed E-state index contributed by atoms with van der Waals surface area (Å²) >= 11 is 0. The fourth-order valence-electron chi connectivity index (χ4n) is 3.69. The Morgan fingerprint density at radius 2 is 1.53 bits per heavy atom. The minimum Gasteiger partial charge on any atom is -0.365 e. The maximum atomic E-state index is 14.3. The van der Waals surface area contributed by atoms with Crippen LogP contribution in [0.3, 0.4) is 0 Å². The number of hydrogen-bond acceptors (Lipinski definition) is 4.